The summed E-state index contributed by atoms with van der Waals surface area (Å²) >= 11 is 14.0. The largest absolute Gasteiger partial charge is 0.340 e. The normalized spacial score (nSPS) is 16.9. The van der Waals surface area contributed by atoms with Gasteiger partial charge in [0, 0.05) is 28.7 Å². The Labute approximate surface area is 242 Å². The van der Waals surface area contributed by atoms with Crippen molar-refractivity contribution < 1.29 is 9.59 Å². The van der Waals surface area contributed by atoms with Gasteiger partial charge in [0.05, 0.1) is 27.9 Å². The smallest absolute Gasteiger partial charge is 0.257 e. The van der Waals surface area contributed by atoms with Gasteiger partial charge in [-0.05, 0) is 74.7 Å². The number of rotatable bonds is 5. The van der Waals surface area contributed by atoms with Gasteiger partial charge in [-0.2, -0.15) is 0 Å². The van der Waals surface area contributed by atoms with Gasteiger partial charge in [-0.15, -0.1) is 0 Å². The summed E-state index contributed by atoms with van der Waals surface area (Å²) in [6.07, 6.45) is 0.983. The van der Waals surface area contributed by atoms with Crippen LogP contribution in [0.4, 0.5) is 11.4 Å². The Morgan fingerprint density at radius 1 is 0.974 bits per heavy atom. The minimum absolute atomic E-state index is 0.190. The lowest BCUT2D eigenvalue weighted by molar-refractivity contribution is -0.113. The molecule has 0 aromatic heterocycles. The highest BCUT2D eigenvalue weighted by Crippen LogP contribution is 2.40. The highest BCUT2D eigenvalue weighted by molar-refractivity contribution is 8.13. The van der Waals surface area contributed by atoms with E-state index in [1.165, 1.54) is 0 Å². The predicted molar refractivity (Wildman–Crippen MR) is 162 cm³/mol. The Bertz CT molecular complexity index is 1540. The number of amidine groups is 1. The molecule has 0 spiro atoms. The number of halogens is 2. The quantitative estimate of drug-likeness (QED) is 0.326. The molecular weight excluding hydrogens is 551 g/mol. The predicted octanol–water partition coefficient (Wildman–Crippen LogP) is 7.62. The molecule has 0 saturated carbocycles. The molecule has 0 bridgehead atoms. The molecule has 3 aromatic rings. The molecular formula is C30H28Cl2N4O2S. The molecule has 0 aliphatic carbocycles. The number of thioether (sulfide) groups is 1. The van der Waals surface area contributed by atoms with Crippen LogP contribution in [0.2, 0.25) is 10.0 Å². The highest BCUT2D eigenvalue weighted by atomic mass is 35.5. The molecule has 3 aromatic carbocycles. The molecule has 9 heteroatoms. The van der Waals surface area contributed by atoms with Crippen molar-refractivity contribution in [3.05, 3.63) is 104 Å². The second-order valence-corrected chi connectivity index (χ2v) is 11.6. The van der Waals surface area contributed by atoms with Crippen LogP contribution in [0.3, 0.4) is 0 Å². The number of anilines is 2. The molecule has 2 heterocycles. The van der Waals surface area contributed by atoms with Gasteiger partial charge in [0.1, 0.15) is 0 Å². The zero-order valence-electron chi connectivity index (χ0n) is 21.8. The van der Waals surface area contributed by atoms with E-state index in [1.54, 1.807) is 30.0 Å². The van der Waals surface area contributed by atoms with Crippen LogP contribution in [-0.4, -0.2) is 34.2 Å². The van der Waals surface area contributed by atoms with Gasteiger partial charge in [0.15, 0.2) is 5.17 Å². The number of carbonyl (C=O) groups excluding carboxylic acids is 2. The lowest BCUT2D eigenvalue weighted by Gasteiger charge is -2.41. The zero-order valence-corrected chi connectivity index (χ0v) is 24.2. The summed E-state index contributed by atoms with van der Waals surface area (Å²) < 4.78 is 0. The standard InChI is InChI=1S/C30H28Cl2N4O2S/c1-17-8-11-25(18(2)14-17)35-29(38)26-19(3)33-30-36(12-5-13-39-30)27(26)20-6-4-7-22(15-20)34-28(37)23-10-9-21(31)16-24(23)32/h4,6-11,14-16,27H,5,12-13H2,1-3H3,(H,34,37)(H,35,38). The van der Waals surface area contributed by atoms with E-state index in [2.05, 4.69) is 15.5 Å². The van der Waals surface area contributed by atoms with E-state index in [9.17, 15) is 9.59 Å². The fraction of sp³-hybridized carbons (Fsp3) is 0.233. The van der Waals surface area contributed by atoms with Gasteiger partial charge >= 0.3 is 0 Å². The summed E-state index contributed by atoms with van der Waals surface area (Å²) in [5.41, 5.74) is 5.99. The molecule has 1 atom stereocenters. The second-order valence-electron chi connectivity index (χ2n) is 9.67. The van der Waals surface area contributed by atoms with E-state index in [0.717, 1.165) is 46.3 Å². The maximum atomic E-state index is 13.8. The molecule has 2 N–H and O–H groups in total. The van der Waals surface area contributed by atoms with Crippen molar-refractivity contribution in [3.63, 3.8) is 0 Å². The summed E-state index contributed by atoms with van der Waals surface area (Å²) in [4.78, 5) is 33.8. The van der Waals surface area contributed by atoms with Crippen molar-refractivity contribution in [2.75, 3.05) is 22.9 Å². The van der Waals surface area contributed by atoms with Crippen molar-refractivity contribution in [2.45, 2.75) is 33.2 Å². The van der Waals surface area contributed by atoms with Crippen LogP contribution in [0.25, 0.3) is 0 Å². The Kier molecular flexibility index (Phi) is 8.03. The molecule has 2 aliphatic heterocycles. The SMILES string of the molecule is CC1=C(C(=O)Nc2ccc(C)cc2C)C(c2cccc(NC(=O)c3ccc(Cl)cc3Cl)c2)N2CCCSC2=N1. The van der Waals surface area contributed by atoms with Crippen molar-refractivity contribution >= 4 is 63.3 Å². The summed E-state index contributed by atoms with van der Waals surface area (Å²) in [5.74, 6) is 0.454. The van der Waals surface area contributed by atoms with Crippen molar-refractivity contribution in [1.82, 2.24) is 4.90 Å². The number of hydrogen-bond donors (Lipinski definition) is 2. The number of carbonyl (C=O) groups is 2. The average molecular weight is 580 g/mol. The van der Waals surface area contributed by atoms with Gasteiger partial charge in [-0.25, -0.2) is 4.99 Å². The average Bonchev–Trinajstić information content (AvgIpc) is 2.89. The van der Waals surface area contributed by atoms with Crippen molar-refractivity contribution in [3.8, 4) is 0 Å². The Balaban J connectivity index is 1.49. The van der Waals surface area contributed by atoms with Crippen LogP contribution in [-0.2, 0) is 4.79 Å². The monoisotopic (exact) mass is 578 g/mol. The van der Waals surface area contributed by atoms with Crippen LogP contribution in [0.5, 0.6) is 0 Å². The van der Waals surface area contributed by atoms with Gasteiger partial charge in [0.25, 0.3) is 11.8 Å². The minimum Gasteiger partial charge on any atom is -0.340 e. The van der Waals surface area contributed by atoms with Gasteiger partial charge in [0.2, 0.25) is 0 Å². The molecule has 2 aliphatic rings. The summed E-state index contributed by atoms with van der Waals surface area (Å²) in [6, 6.07) is 18.0. The van der Waals surface area contributed by atoms with Gasteiger partial charge in [-0.3, -0.25) is 9.59 Å². The van der Waals surface area contributed by atoms with E-state index >= 15 is 0 Å². The van der Waals surface area contributed by atoms with E-state index in [0.29, 0.717) is 27.5 Å². The first-order valence-corrected chi connectivity index (χ1v) is 14.4. The van der Waals surface area contributed by atoms with Crippen LogP contribution in [0.15, 0.2) is 76.9 Å². The number of benzene rings is 3. The molecule has 200 valence electrons. The highest BCUT2D eigenvalue weighted by Gasteiger charge is 2.37. The number of aliphatic imine (C=N–C) groups is 1. The fourth-order valence-electron chi connectivity index (χ4n) is 4.91. The van der Waals surface area contributed by atoms with Crippen molar-refractivity contribution in [2.24, 2.45) is 4.99 Å². The van der Waals surface area contributed by atoms with Crippen LogP contribution in [0, 0.1) is 13.8 Å². The molecule has 0 radical (unpaired) electrons. The third-order valence-corrected chi connectivity index (χ3v) is 8.39. The number of hydrogen-bond acceptors (Lipinski definition) is 5. The summed E-state index contributed by atoms with van der Waals surface area (Å²) in [5, 5.41) is 7.71. The molecule has 1 unspecified atom stereocenters. The Morgan fingerprint density at radius 3 is 2.56 bits per heavy atom. The molecule has 2 amide bonds. The first kappa shape index (κ1) is 27.3. The van der Waals surface area contributed by atoms with Crippen LogP contribution >= 0.6 is 35.0 Å². The topological polar surface area (TPSA) is 73.8 Å². The molecule has 1 saturated heterocycles. The zero-order chi connectivity index (χ0) is 27.7. The molecule has 5 rings (SSSR count). The second kappa shape index (κ2) is 11.5. The van der Waals surface area contributed by atoms with Crippen LogP contribution in [0.1, 0.15) is 46.4 Å². The number of allylic oxidation sites excluding steroid dienone is 1. The lowest BCUT2D eigenvalue weighted by Crippen LogP contribution is -2.43. The Hall–Kier alpha value is -3.26. The van der Waals surface area contributed by atoms with Crippen LogP contribution < -0.4 is 10.6 Å². The Morgan fingerprint density at radius 2 is 1.79 bits per heavy atom. The summed E-state index contributed by atoms with van der Waals surface area (Å²) in [6.45, 7) is 6.68. The third kappa shape index (κ3) is 5.86. The van der Waals surface area contributed by atoms with E-state index in [4.69, 9.17) is 28.2 Å². The number of nitrogens with one attached hydrogen (secondary N) is 2. The van der Waals surface area contributed by atoms with Gasteiger partial charge in [-0.1, -0.05) is 64.8 Å². The first-order valence-electron chi connectivity index (χ1n) is 12.6. The summed E-state index contributed by atoms with van der Waals surface area (Å²) in [7, 11) is 0. The minimum atomic E-state index is -0.355. The van der Waals surface area contributed by atoms with E-state index in [1.807, 2.05) is 63.2 Å². The molecule has 39 heavy (non-hydrogen) atoms. The fourth-order valence-corrected chi connectivity index (χ4v) is 6.42. The van der Waals surface area contributed by atoms with Gasteiger partial charge < -0.3 is 15.5 Å². The lowest BCUT2D eigenvalue weighted by atomic mass is 9.93. The third-order valence-electron chi connectivity index (χ3n) is 6.77. The number of fused-ring (bicyclic) bond motifs is 1. The number of amides is 2. The maximum Gasteiger partial charge on any atom is 0.257 e. The van der Waals surface area contributed by atoms with Crippen molar-refractivity contribution in [1.29, 1.82) is 0 Å². The van der Waals surface area contributed by atoms with E-state index in [-0.39, 0.29) is 22.9 Å². The number of aryl methyl sites for hydroxylation is 2. The number of nitrogens with zero attached hydrogens (tertiary/aromatic N) is 2. The maximum absolute atomic E-state index is 13.8. The van der Waals surface area contributed by atoms with E-state index < -0.39 is 0 Å². The molecule has 6 nitrogen and oxygen atoms in total. The first-order chi connectivity index (χ1) is 18.7. The molecule has 1 fully saturated rings.